The number of aryl methyl sites for hydroxylation is 1. The Morgan fingerprint density at radius 3 is 2.96 bits per heavy atom. The van der Waals surface area contributed by atoms with E-state index in [9.17, 15) is 4.79 Å². The number of aromatic nitrogens is 1. The lowest BCUT2D eigenvalue weighted by molar-refractivity contribution is 0.103. The van der Waals surface area contributed by atoms with E-state index in [1.807, 2.05) is 18.3 Å². The van der Waals surface area contributed by atoms with Crippen molar-refractivity contribution in [3.8, 4) is 0 Å². The molecule has 0 aromatic carbocycles. The molecule has 1 amide bonds. The van der Waals surface area contributed by atoms with Gasteiger partial charge < -0.3 is 15.0 Å². The fourth-order valence-corrected chi connectivity index (χ4v) is 4.57. The number of ether oxygens (including phenoxy) is 1. The molecule has 1 aliphatic carbocycles. The summed E-state index contributed by atoms with van der Waals surface area (Å²) in [5, 5.41) is 2.93. The van der Waals surface area contributed by atoms with Crippen molar-refractivity contribution >= 4 is 28.7 Å². The minimum Gasteiger partial charge on any atom is -0.378 e. The van der Waals surface area contributed by atoms with Crippen molar-refractivity contribution in [3.05, 3.63) is 39.7 Å². The van der Waals surface area contributed by atoms with Gasteiger partial charge in [0.25, 0.3) is 5.91 Å². The standard InChI is InChI=1S/C19H23N3O2S/c1-13-2-4-16-14(10-13)11-17(25-16)19(23)21-18-5-3-15(12-20-18)22-6-8-24-9-7-22/h3,5,11-13H,2,4,6-10H2,1H3,(H,20,21,23). The number of fused-ring (bicyclic) bond motifs is 1. The van der Waals surface area contributed by atoms with E-state index in [4.69, 9.17) is 4.74 Å². The highest BCUT2D eigenvalue weighted by Gasteiger charge is 2.21. The highest BCUT2D eigenvalue weighted by molar-refractivity contribution is 7.14. The molecular weight excluding hydrogens is 334 g/mol. The number of hydrogen-bond acceptors (Lipinski definition) is 5. The third-order valence-corrected chi connectivity index (χ3v) is 6.15. The highest BCUT2D eigenvalue weighted by Crippen LogP contribution is 2.32. The number of pyridine rings is 1. The van der Waals surface area contributed by atoms with E-state index in [2.05, 4.69) is 28.2 Å². The van der Waals surface area contributed by atoms with E-state index < -0.39 is 0 Å². The summed E-state index contributed by atoms with van der Waals surface area (Å²) in [6, 6.07) is 5.94. The van der Waals surface area contributed by atoms with Crippen LogP contribution in [0.2, 0.25) is 0 Å². The van der Waals surface area contributed by atoms with Crippen molar-refractivity contribution < 1.29 is 9.53 Å². The zero-order chi connectivity index (χ0) is 17.2. The first-order valence-electron chi connectivity index (χ1n) is 8.91. The highest BCUT2D eigenvalue weighted by atomic mass is 32.1. The normalized spacial score (nSPS) is 20.2. The maximum Gasteiger partial charge on any atom is 0.266 e. The first-order valence-corrected chi connectivity index (χ1v) is 9.72. The molecule has 5 nitrogen and oxygen atoms in total. The Bertz CT molecular complexity index is 751. The Labute approximate surface area is 152 Å². The number of hydrogen-bond donors (Lipinski definition) is 1. The largest absolute Gasteiger partial charge is 0.378 e. The summed E-state index contributed by atoms with van der Waals surface area (Å²) in [4.78, 5) is 21.3. The SMILES string of the molecule is CC1CCc2sc(C(=O)Nc3ccc(N4CCOCC4)cn3)cc2C1. The van der Waals surface area contributed by atoms with Gasteiger partial charge in [0.15, 0.2) is 0 Å². The Hall–Kier alpha value is -1.92. The molecule has 3 heterocycles. The summed E-state index contributed by atoms with van der Waals surface area (Å²) in [6.45, 7) is 5.54. The number of thiophene rings is 1. The van der Waals surface area contributed by atoms with Gasteiger partial charge in [-0.25, -0.2) is 4.98 Å². The van der Waals surface area contributed by atoms with Crippen molar-refractivity contribution in [3.63, 3.8) is 0 Å². The molecule has 25 heavy (non-hydrogen) atoms. The molecule has 1 fully saturated rings. The van der Waals surface area contributed by atoms with Crippen LogP contribution < -0.4 is 10.2 Å². The molecule has 2 aliphatic rings. The molecule has 1 aliphatic heterocycles. The lowest BCUT2D eigenvalue weighted by Crippen LogP contribution is -2.36. The molecule has 0 saturated carbocycles. The van der Waals surface area contributed by atoms with Crippen LogP contribution in [-0.2, 0) is 17.6 Å². The van der Waals surface area contributed by atoms with Gasteiger partial charge in [0.2, 0.25) is 0 Å². The van der Waals surface area contributed by atoms with Crippen LogP contribution >= 0.6 is 11.3 Å². The minimum atomic E-state index is -0.0568. The van der Waals surface area contributed by atoms with Gasteiger partial charge in [-0.05, 0) is 48.9 Å². The molecule has 0 radical (unpaired) electrons. The molecule has 6 heteroatoms. The summed E-state index contributed by atoms with van der Waals surface area (Å²) < 4.78 is 5.37. The lowest BCUT2D eigenvalue weighted by atomic mass is 9.90. The maximum atomic E-state index is 12.5. The average molecular weight is 357 g/mol. The topological polar surface area (TPSA) is 54.5 Å². The van der Waals surface area contributed by atoms with Gasteiger partial charge in [0.1, 0.15) is 5.82 Å². The quantitative estimate of drug-likeness (QED) is 0.915. The number of carbonyl (C=O) groups excluding carboxylic acids is 1. The fourth-order valence-electron chi connectivity index (χ4n) is 3.46. The van der Waals surface area contributed by atoms with Crippen LogP contribution in [0.15, 0.2) is 24.4 Å². The van der Waals surface area contributed by atoms with E-state index >= 15 is 0 Å². The van der Waals surface area contributed by atoms with Gasteiger partial charge in [0.05, 0.1) is 30.0 Å². The predicted octanol–water partition coefficient (Wildman–Crippen LogP) is 3.36. The maximum absolute atomic E-state index is 12.5. The van der Waals surface area contributed by atoms with E-state index in [1.165, 1.54) is 16.9 Å². The van der Waals surface area contributed by atoms with Crippen molar-refractivity contribution in [2.75, 3.05) is 36.5 Å². The fraction of sp³-hybridized carbons (Fsp3) is 0.474. The van der Waals surface area contributed by atoms with Crippen molar-refractivity contribution in [2.24, 2.45) is 5.92 Å². The van der Waals surface area contributed by atoms with Crippen LogP contribution in [0.1, 0.15) is 33.5 Å². The molecule has 1 N–H and O–H groups in total. The Kier molecular flexibility index (Phi) is 4.72. The van der Waals surface area contributed by atoms with E-state index in [1.54, 1.807) is 11.3 Å². The van der Waals surface area contributed by atoms with Crippen LogP contribution in [0, 0.1) is 5.92 Å². The average Bonchev–Trinajstić information content (AvgIpc) is 3.06. The van der Waals surface area contributed by atoms with E-state index in [0.717, 1.165) is 49.7 Å². The molecule has 1 unspecified atom stereocenters. The molecule has 2 aromatic heterocycles. The zero-order valence-corrected chi connectivity index (χ0v) is 15.3. The third kappa shape index (κ3) is 3.70. The lowest BCUT2D eigenvalue weighted by Gasteiger charge is -2.28. The second-order valence-corrected chi connectivity index (χ2v) is 8.00. The molecule has 2 aromatic rings. The Morgan fingerprint density at radius 1 is 1.36 bits per heavy atom. The Balaban J connectivity index is 1.42. The minimum absolute atomic E-state index is 0.0568. The van der Waals surface area contributed by atoms with Crippen LogP contribution in [-0.4, -0.2) is 37.2 Å². The Morgan fingerprint density at radius 2 is 2.20 bits per heavy atom. The van der Waals surface area contributed by atoms with Crippen molar-refractivity contribution in [1.29, 1.82) is 0 Å². The molecule has 132 valence electrons. The second-order valence-electron chi connectivity index (χ2n) is 6.86. The van der Waals surface area contributed by atoms with Gasteiger partial charge >= 0.3 is 0 Å². The number of amides is 1. The van der Waals surface area contributed by atoms with Gasteiger partial charge in [-0.15, -0.1) is 11.3 Å². The molecule has 0 bridgehead atoms. The summed E-state index contributed by atoms with van der Waals surface area (Å²) in [5.74, 6) is 1.26. The van der Waals surface area contributed by atoms with Crippen LogP contribution in [0.3, 0.4) is 0 Å². The van der Waals surface area contributed by atoms with Crippen LogP contribution in [0.25, 0.3) is 0 Å². The van der Waals surface area contributed by atoms with Gasteiger partial charge in [-0.3, -0.25) is 4.79 Å². The number of anilines is 2. The molecule has 1 saturated heterocycles. The number of nitrogens with one attached hydrogen (secondary N) is 1. The van der Waals surface area contributed by atoms with E-state index in [-0.39, 0.29) is 5.91 Å². The summed E-state index contributed by atoms with van der Waals surface area (Å²) in [6.07, 6.45) is 5.23. The monoisotopic (exact) mass is 357 g/mol. The van der Waals surface area contributed by atoms with Crippen LogP contribution in [0.5, 0.6) is 0 Å². The molecule has 0 spiro atoms. The number of nitrogens with zero attached hydrogens (tertiary/aromatic N) is 2. The predicted molar refractivity (Wildman–Crippen MR) is 101 cm³/mol. The smallest absolute Gasteiger partial charge is 0.266 e. The molecular formula is C19H23N3O2S. The number of morpholine rings is 1. The first kappa shape index (κ1) is 16.5. The third-order valence-electron chi connectivity index (χ3n) is 4.92. The van der Waals surface area contributed by atoms with Gasteiger partial charge in [-0.1, -0.05) is 6.92 Å². The number of rotatable bonds is 3. The molecule has 4 rings (SSSR count). The van der Waals surface area contributed by atoms with Crippen molar-refractivity contribution in [1.82, 2.24) is 4.98 Å². The van der Waals surface area contributed by atoms with Gasteiger partial charge in [0, 0.05) is 18.0 Å². The summed E-state index contributed by atoms with van der Waals surface area (Å²) in [7, 11) is 0. The molecule has 1 atom stereocenters. The summed E-state index contributed by atoms with van der Waals surface area (Å²) in [5.41, 5.74) is 2.42. The number of carbonyl (C=O) groups is 1. The zero-order valence-electron chi connectivity index (χ0n) is 14.5. The van der Waals surface area contributed by atoms with E-state index in [0.29, 0.717) is 11.7 Å². The second kappa shape index (κ2) is 7.14. The van der Waals surface area contributed by atoms with Crippen LogP contribution in [0.4, 0.5) is 11.5 Å². The first-order chi connectivity index (χ1) is 12.2. The van der Waals surface area contributed by atoms with Gasteiger partial charge in [-0.2, -0.15) is 0 Å². The van der Waals surface area contributed by atoms with Crippen molar-refractivity contribution in [2.45, 2.75) is 26.2 Å². The summed E-state index contributed by atoms with van der Waals surface area (Å²) >= 11 is 1.63.